The zero-order valence-electron chi connectivity index (χ0n) is 16.0. The summed E-state index contributed by atoms with van der Waals surface area (Å²) in [7, 11) is 1.56. The molecule has 0 aliphatic heterocycles. The Morgan fingerprint density at radius 3 is 2.59 bits per heavy atom. The Labute approximate surface area is 167 Å². The summed E-state index contributed by atoms with van der Waals surface area (Å²) in [5, 5.41) is 0. The number of ketones is 1. The van der Waals surface area contributed by atoms with Crippen LogP contribution in [0.15, 0.2) is 61.1 Å². The molecule has 2 aromatic carbocycles. The predicted octanol–water partition coefficient (Wildman–Crippen LogP) is 3.77. The molecule has 0 aliphatic carbocycles. The maximum Gasteiger partial charge on any atom is 0.331 e. The molecule has 7 heteroatoms. The highest BCUT2D eigenvalue weighted by atomic mass is 19.1. The summed E-state index contributed by atoms with van der Waals surface area (Å²) in [6.07, 6.45) is 6.37. The van der Waals surface area contributed by atoms with Crippen LogP contribution < -0.4 is 4.74 Å². The maximum absolute atomic E-state index is 12.9. The number of Topliss-reactive ketones (excluding diaryl/α,β-unsaturated/α-hetero) is 1. The van der Waals surface area contributed by atoms with Crippen molar-refractivity contribution >= 4 is 17.8 Å². The van der Waals surface area contributed by atoms with Gasteiger partial charge in [0.1, 0.15) is 11.6 Å². The molecular formula is C22H19FN2O4. The first-order valence-electron chi connectivity index (χ1n) is 8.79. The SMILES string of the molecule is COc1cc(/C=C/C(=O)OCC(=O)c2ccc(F)cc2)ccc1-n1cnc(C)c1. The van der Waals surface area contributed by atoms with Gasteiger partial charge in [-0.2, -0.15) is 0 Å². The highest BCUT2D eigenvalue weighted by Crippen LogP contribution is 2.25. The predicted molar refractivity (Wildman–Crippen MR) is 106 cm³/mol. The molecule has 0 atom stereocenters. The second-order valence-corrected chi connectivity index (χ2v) is 6.22. The van der Waals surface area contributed by atoms with E-state index in [0.29, 0.717) is 5.75 Å². The summed E-state index contributed by atoms with van der Waals surface area (Å²) in [6.45, 7) is 1.48. The van der Waals surface area contributed by atoms with E-state index in [1.54, 1.807) is 25.6 Å². The number of rotatable bonds is 7. The van der Waals surface area contributed by atoms with E-state index in [0.717, 1.165) is 16.9 Å². The van der Waals surface area contributed by atoms with Gasteiger partial charge in [-0.3, -0.25) is 4.79 Å². The van der Waals surface area contributed by atoms with Crippen molar-refractivity contribution < 1.29 is 23.5 Å². The van der Waals surface area contributed by atoms with Crippen molar-refractivity contribution in [3.05, 3.63) is 83.7 Å². The lowest BCUT2D eigenvalue weighted by Gasteiger charge is -2.10. The molecule has 0 amide bonds. The zero-order chi connectivity index (χ0) is 20.8. The Balaban J connectivity index is 1.62. The minimum Gasteiger partial charge on any atom is -0.495 e. The van der Waals surface area contributed by atoms with Gasteiger partial charge in [-0.25, -0.2) is 14.2 Å². The Hall–Kier alpha value is -3.74. The van der Waals surface area contributed by atoms with Gasteiger partial charge in [0.15, 0.2) is 12.4 Å². The van der Waals surface area contributed by atoms with E-state index < -0.39 is 24.2 Å². The number of hydrogen-bond acceptors (Lipinski definition) is 5. The number of halogens is 1. The van der Waals surface area contributed by atoms with Crippen molar-refractivity contribution in [2.24, 2.45) is 0 Å². The average molecular weight is 394 g/mol. The van der Waals surface area contributed by atoms with Crippen LogP contribution in [0, 0.1) is 12.7 Å². The first kappa shape index (κ1) is 20.0. The molecule has 0 spiro atoms. The van der Waals surface area contributed by atoms with E-state index in [9.17, 15) is 14.0 Å². The van der Waals surface area contributed by atoms with Gasteiger partial charge in [0.05, 0.1) is 24.8 Å². The van der Waals surface area contributed by atoms with Crippen LogP contribution in [0.4, 0.5) is 4.39 Å². The summed E-state index contributed by atoms with van der Waals surface area (Å²) in [5.74, 6) is -0.891. The third-order valence-electron chi connectivity index (χ3n) is 4.12. The molecule has 6 nitrogen and oxygen atoms in total. The number of esters is 1. The van der Waals surface area contributed by atoms with Crippen LogP contribution in [-0.2, 0) is 9.53 Å². The summed E-state index contributed by atoms with van der Waals surface area (Å²) >= 11 is 0. The van der Waals surface area contributed by atoms with Crippen LogP contribution in [0.3, 0.4) is 0 Å². The lowest BCUT2D eigenvalue weighted by molar-refractivity contribution is -0.136. The van der Waals surface area contributed by atoms with Crippen LogP contribution in [0.5, 0.6) is 5.75 Å². The Kier molecular flexibility index (Phi) is 6.19. The average Bonchev–Trinajstić information content (AvgIpc) is 3.16. The molecule has 0 fully saturated rings. The lowest BCUT2D eigenvalue weighted by atomic mass is 10.1. The van der Waals surface area contributed by atoms with Gasteiger partial charge in [-0.1, -0.05) is 6.07 Å². The minimum atomic E-state index is -0.659. The number of carbonyl (C=O) groups excluding carboxylic acids is 2. The van der Waals surface area contributed by atoms with Crippen molar-refractivity contribution in [3.8, 4) is 11.4 Å². The van der Waals surface area contributed by atoms with E-state index in [2.05, 4.69) is 4.98 Å². The minimum absolute atomic E-state index is 0.276. The van der Waals surface area contributed by atoms with E-state index in [1.807, 2.05) is 29.8 Å². The van der Waals surface area contributed by atoms with Gasteiger partial charge < -0.3 is 14.0 Å². The van der Waals surface area contributed by atoms with E-state index in [1.165, 1.54) is 30.3 Å². The van der Waals surface area contributed by atoms with Gasteiger partial charge in [0, 0.05) is 17.8 Å². The van der Waals surface area contributed by atoms with Gasteiger partial charge in [-0.15, -0.1) is 0 Å². The third-order valence-corrected chi connectivity index (χ3v) is 4.12. The van der Waals surface area contributed by atoms with Crippen molar-refractivity contribution in [1.82, 2.24) is 9.55 Å². The van der Waals surface area contributed by atoms with Crippen LogP contribution in [-0.4, -0.2) is 35.0 Å². The largest absolute Gasteiger partial charge is 0.495 e. The molecular weight excluding hydrogens is 375 g/mol. The molecule has 0 saturated heterocycles. The molecule has 3 aromatic rings. The first-order valence-corrected chi connectivity index (χ1v) is 8.79. The number of ether oxygens (including phenoxy) is 2. The van der Waals surface area contributed by atoms with Crippen LogP contribution in [0.25, 0.3) is 11.8 Å². The Morgan fingerprint density at radius 2 is 1.93 bits per heavy atom. The molecule has 1 heterocycles. The second-order valence-electron chi connectivity index (χ2n) is 6.22. The van der Waals surface area contributed by atoms with Crippen LogP contribution in [0.2, 0.25) is 0 Å². The molecule has 0 N–H and O–H groups in total. The summed E-state index contributed by atoms with van der Waals surface area (Å²) in [4.78, 5) is 28.0. The van der Waals surface area contributed by atoms with E-state index >= 15 is 0 Å². The van der Waals surface area contributed by atoms with Gasteiger partial charge in [-0.05, 0) is 55.0 Å². The zero-order valence-corrected chi connectivity index (χ0v) is 16.0. The highest BCUT2D eigenvalue weighted by Gasteiger charge is 2.09. The van der Waals surface area contributed by atoms with Gasteiger partial charge in [0.25, 0.3) is 0 Å². The standard InChI is InChI=1S/C22H19FN2O4/c1-15-12-25(14-24-15)19-9-3-16(11-21(19)28-2)4-10-22(27)29-13-20(26)17-5-7-18(23)8-6-17/h3-12,14H,13H2,1-2H3/b10-4+. The number of carbonyl (C=O) groups is 2. The lowest BCUT2D eigenvalue weighted by Crippen LogP contribution is -2.12. The quantitative estimate of drug-likeness (QED) is 0.347. The molecule has 148 valence electrons. The molecule has 0 aliphatic rings. The summed E-state index contributed by atoms with van der Waals surface area (Å²) < 4.78 is 25.1. The Bertz CT molecular complexity index is 1050. The fourth-order valence-electron chi connectivity index (χ4n) is 2.63. The number of hydrogen-bond donors (Lipinski definition) is 0. The van der Waals surface area contributed by atoms with Gasteiger partial charge >= 0.3 is 5.97 Å². The van der Waals surface area contributed by atoms with Crippen molar-refractivity contribution in [1.29, 1.82) is 0 Å². The topological polar surface area (TPSA) is 70.4 Å². The van der Waals surface area contributed by atoms with Crippen LogP contribution >= 0.6 is 0 Å². The number of nitrogens with zero attached hydrogens (tertiary/aromatic N) is 2. The summed E-state index contributed by atoms with van der Waals surface area (Å²) in [5.41, 5.74) is 2.70. The molecule has 0 bridgehead atoms. The summed E-state index contributed by atoms with van der Waals surface area (Å²) in [6, 6.07) is 10.5. The highest BCUT2D eigenvalue weighted by molar-refractivity contribution is 5.98. The molecule has 29 heavy (non-hydrogen) atoms. The fourth-order valence-corrected chi connectivity index (χ4v) is 2.63. The fraction of sp³-hybridized carbons (Fsp3) is 0.136. The first-order chi connectivity index (χ1) is 14.0. The van der Waals surface area contributed by atoms with Crippen molar-refractivity contribution in [3.63, 3.8) is 0 Å². The maximum atomic E-state index is 12.9. The number of aryl methyl sites for hydroxylation is 1. The molecule has 1 aromatic heterocycles. The molecule has 0 saturated carbocycles. The number of methoxy groups -OCH3 is 1. The van der Waals surface area contributed by atoms with E-state index in [-0.39, 0.29) is 5.56 Å². The van der Waals surface area contributed by atoms with Crippen LogP contribution in [0.1, 0.15) is 21.6 Å². The Morgan fingerprint density at radius 1 is 1.17 bits per heavy atom. The normalized spacial score (nSPS) is 10.9. The van der Waals surface area contributed by atoms with Gasteiger partial charge in [0.2, 0.25) is 0 Å². The number of imidazole rings is 1. The monoisotopic (exact) mass is 394 g/mol. The smallest absolute Gasteiger partial charge is 0.331 e. The van der Waals surface area contributed by atoms with Crippen molar-refractivity contribution in [2.75, 3.05) is 13.7 Å². The van der Waals surface area contributed by atoms with Crippen molar-refractivity contribution in [2.45, 2.75) is 6.92 Å². The van der Waals surface area contributed by atoms with E-state index in [4.69, 9.17) is 9.47 Å². The molecule has 0 unspecified atom stereocenters. The molecule has 3 rings (SSSR count). The number of aromatic nitrogens is 2. The second kappa shape index (κ2) is 8.97. The molecule has 0 radical (unpaired) electrons. The number of benzene rings is 2. The third kappa shape index (κ3) is 5.16.